The number of nitrogens with two attached hydrogens (primary N) is 1. The number of amidine groups is 1. The van der Waals surface area contributed by atoms with Gasteiger partial charge >= 0.3 is 0 Å². The first kappa shape index (κ1) is 15.3. The van der Waals surface area contributed by atoms with Crippen molar-refractivity contribution < 1.29 is 14.4 Å². The maximum Gasteiger partial charge on any atom is 0.257 e. The van der Waals surface area contributed by atoms with Gasteiger partial charge in [0, 0.05) is 6.04 Å². The van der Waals surface area contributed by atoms with Crippen molar-refractivity contribution in [3.05, 3.63) is 35.1 Å². The van der Waals surface area contributed by atoms with Crippen molar-refractivity contribution in [2.24, 2.45) is 10.9 Å². The number of benzene rings is 1. The highest BCUT2D eigenvalue weighted by Crippen LogP contribution is 2.25. The van der Waals surface area contributed by atoms with Crippen molar-refractivity contribution in [1.29, 1.82) is 0 Å². The second-order valence-corrected chi connectivity index (χ2v) is 5.40. The summed E-state index contributed by atoms with van der Waals surface area (Å²) in [4.78, 5) is 14.2. The zero-order chi connectivity index (χ0) is 15.4. The van der Waals surface area contributed by atoms with Gasteiger partial charge in [-0.2, -0.15) is 0 Å². The molecule has 5 nitrogen and oxygen atoms in total. The van der Waals surface area contributed by atoms with E-state index >= 15 is 0 Å². The molecule has 6 heteroatoms. The van der Waals surface area contributed by atoms with Crippen LogP contribution in [0.4, 0.5) is 4.39 Å². The first-order valence-corrected chi connectivity index (χ1v) is 7.07. The summed E-state index contributed by atoms with van der Waals surface area (Å²) in [5.74, 6) is -0.969. The molecule has 0 radical (unpaired) electrons. The summed E-state index contributed by atoms with van der Waals surface area (Å²) in [7, 11) is 0. The monoisotopic (exact) mass is 293 g/mol. The average molecular weight is 293 g/mol. The van der Waals surface area contributed by atoms with Gasteiger partial charge in [-0.15, -0.1) is 0 Å². The number of aryl methyl sites for hydroxylation is 1. The Morgan fingerprint density at radius 1 is 1.48 bits per heavy atom. The van der Waals surface area contributed by atoms with Gasteiger partial charge in [-0.25, -0.2) is 4.39 Å². The van der Waals surface area contributed by atoms with Crippen LogP contribution >= 0.6 is 0 Å². The Bertz CT molecular complexity index is 554. The maximum atomic E-state index is 14.2. The van der Waals surface area contributed by atoms with Crippen molar-refractivity contribution >= 4 is 11.7 Å². The van der Waals surface area contributed by atoms with Gasteiger partial charge in [0.2, 0.25) is 0 Å². The van der Waals surface area contributed by atoms with Crippen LogP contribution < -0.4 is 5.73 Å². The summed E-state index contributed by atoms with van der Waals surface area (Å²) < 4.78 is 14.2. The van der Waals surface area contributed by atoms with Crippen molar-refractivity contribution in [2.45, 2.75) is 38.6 Å². The van der Waals surface area contributed by atoms with Gasteiger partial charge in [0.15, 0.2) is 5.84 Å². The zero-order valence-electron chi connectivity index (χ0n) is 12.1. The van der Waals surface area contributed by atoms with Gasteiger partial charge in [0.25, 0.3) is 5.91 Å². The maximum absolute atomic E-state index is 14.2. The molecule has 1 aliphatic carbocycles. The molecule has 21 heavy (non-hydrogen) atoms. The van der Waals surface area contributed by atoms with E-state index in [1.807, 2.05) is 0 Å². The zero-order valence-corrected chi connectivity index (χ0v) is 12.1. The molecule has 0 aliphatic heterocycles. The number of carbonyl (C=O) groups excluding carboxylic acids is 1. The van der Waals surface area contributed by atoms with Crippen LogP contribution in [0.15, 0.2) is 23.4 Å². The predicted octanol–water partition coefficient (Wildman–Crippen LogP) is 2.27. The summed E-state index contributed by atoms with van der Waals surface area (Å²) in [6.45, 7) is 1.63. The highest BCUT2D eigenvalue weighted by molar-refractivity contribution is 5.97. The van der Waals surface area contributed by atoms with Crippen LogP contribution in [0, 0.1) is 12.7 Å². The van der Waals surface area contributed by atoms with E-state index in [1.54, 1.807) is 19.1 Å². The lowest BCUT2D eigenvalue weighted by Gasteiger charge is -2.28. The van der Waals surface area contributed by atoms with Gasteiger partial charge in [-0.3, -0.25) is 4.79 Å². The first-order chi connectivity index (χ1) is 10.0. The van der Waals surface area contributed by atoms with Crippen LogP contribution in [-0.4, -0.2) is 34.4 Å². The van der Waals surface area contributed by atoms with Crippen LogP contribution in [0.3, 0.4) is 0 Å². The molecule has 1 fully saturated rings. The fraction of sp³-hybridized carbons (Fsp3) is 0.467. The minimum absolute atomic E-state index is 0.00732. The molecule has 0 heterocycles. The second-order valence-electron chi connectivity index (χ2n) is 5.40. The van der Waals surface area contributed by atoms with Crippen LogP contribution in [0.2, 0.25) is 0 Å². The summed E-state index contributed by atoms with van der Waals surface area (Å²) >= 11 is 0. The summed E-state index contributed by atoms with van der Waals surface area (Å²) in [6.07, 6.45) is 3.78. The largest absolute Gasteiger partial charge is 0.409 e. The van der Waals surface area contributed by atoms with Crippen LogP contribution in [-0.2, 0) is 0 Å². The van der Waals surface area contributed by atoms with E-state index in [0.29, 0.717) is 5.56 Å². The first-order valence-electron chi connectivity index (χ1n) is 7.07. The summed E-state index contributed by atoms with van der Waals surface area (Å²) in [5.41, 5.74) is 6.00. The Labute approximate surface area is 123 Å². The molecule has 1 aliphatic rings. The Kier molecular flexibility index (Phi) is 4.77. The molecule has 0 spiro atoms. The minimum atomic E-state index is -0.509. The van der Waals surface area contributed by atoms with E-state index in [4.69, 9.17) is 10.9 Å². The van der Waals surface area contributed by atoms with Crippen molar-refractivity contribution in [3.63, 3.8) is 0 Å². The SMILES string of the molecule is Cc1cccc(C(=O)N(C/C(N)=N/O)C2CCCC2)c1F. The minimum Gasteiger partial charge on any atom is -0.409 e. The molecule has 1 saturated carbocycles. The Hall–Kier alpha value is -2.11. The fourth-order valence-electron chi connectivity index (χ4n) is 2.76. The fourth-order valence-corrected chi connectivity index (χ4v) is 2.76. The molecule has 114 valence electrons. The third-order valence-electron chi connectivity index (χ3n) is 3.91. The topological polar surface area (TPSA) is 78.9 Å². The normalized spacial score (nSPS) is 16.2. The molecule has 1 aromatic carbocycles. The molecule has 1 amide bonds. The van der Waals surface area contributed by atoms with Crippen LogP contribution in [0.1, 0.15) is 41.6 Å². The molecule has 0 atom stereocenters. The Morgan fingerprint density at radius 3 is 2.76 bits per heavy atom. The number of hydrogen-bond donors (Lipinski definition) is 2. The summed E-state index contributed by atoms with van der Waals surface area (Å²) in [5, 5.41) is 11.7. The van der Waals surface area contributed by atoms with Crippen LogP contribution in [0.5, 0.6) is 0 Å². The molecule has 1 aromatic rings. The Balaban J connectivity index is 2.30. The number of nitrogens with zero attached hydrogens (tertiary/aromatic N) is 2. The molecule has 3 N–H and O–H groups in total. The highest BCUT2D eigenvalue weighted by atomic mass is 19.1. The molecule has 0 aromatic heterocycles. The molecular weight excluding hydrogens is 273 g/mol. The lowest BCUT2D eigenvalue weighted by molar-refractivity contribution is 0.0707. The van der Waals surface area contributed by atoms with E-state index in [2.05, 4.69) is 5.16 Å². The Morgan fingerprint density at radius 2 is 2.14 bits per heavy atom. The number of rotatable bonds is 4. The van der Waals surface area contributed by atoms with E-state index in [0.717, 1.165) is 25.7 Å². The van der Waals surface area contributed by atoms with Gasteiger partial charge in [-0.05, 0) is 31.4 Å². The smallest absolute Gasteiger partial charge is 0.257 e. The van der Waals surface area contributed by atoms with Crippen LogP contribution in [0.25, 0.3) is 0 Å². The van der Waals surface area contributed by atoms with E-state index < -0.39 is 11.7 Å². The van der Waals surface area contributed by atoms with Crippen molar-refractivity contribution in [3.8, 4) is 0 Å². The van der Waals surface area contributed by atoms with E-state index in [-0.39, 0.29) is 24.0 Å². The third-order valence-corrected chi connectivity index (χ3v) is 3.91. The standard InChI is InChI=1S/C15H20FN3O2/c1-10-5-4-8-12(14(10)16)15(20)19(9-13(17)18-21)11-6-2-3-7-11/h4-5,8,11,21H,2-3,6-7,9H2,1H3,(H2,17,18). The van der Waals surface area contributed by atoms with Crippen molar-refractivity contribution in [1.82, 2.24) is 4.90 Å². The summed E-state index contributed by atoms with van der Waals surface area (Å²) in [6, 6.07) is 4.76. The highest BCUT2D eigenvalue weighted by Gasteiger charge is 2.29. The van der Waals surface area contributed by atoms with Crippen molar-refractivity contribution in [2.75, 3.05) is 6.54 Å². The number of carbonyl (C=O) groups is 1. The molecule has 0 bridgehead atoms. The lowest BCUT2D eigenvalue weighted by atomic mass is 10.1. The van der Waals surface area contributed by atoms with E-state index in [1.165, 1.54) is 11.0 Å². The van der Waals surface area contributed by atoms with Gasteiger partial charge < -0.3 is 15.8 Å². The molecular formula is C15H20FN3O2. The number of hydrogen-bond acceptors (Lipinski definition) is 3. The molecule has 0 saturated heterocycles. The van der Waals surface area contributed by atoms with Gasteiger partial charge in [0.1, 0.15) is 5.82 Å². The third kappa shape index (κ3) is 3.32. The predicted molar refractivity (Wildman–Crippen MR) is 77.8 cm³/mol. The molecule has 2 rings (SSSR count). The molecule has 0 unspecified atom stereocenters. The lowest BCUT2D eigenvalue weighted by Crippen LogP contribution is -2.44. The number of halogens is 1. The van der Waals surface area contributed by atoms with E-state index in [9.17, 15) is 9.18 Å². The van der Waals surface area contributed by atoms with Gasteiger partial charge in [0.05, 0.1) is 12.1 Å². The second kappa shape index (κ2) is 6.56. The quantitative estimate of drug-likeness (QED) is 0.387. The number of amides is 1. The average Bonchev–Trinajstić information content (AvgIpc) is 3.00. The van der Waals surface area contributed by atoms with Gasteiger partial charge in [-0.1, -0.05) is 30.1 Å². The number of oxime groups is 1.